The van der Waals surface area contributed by atoms with Crippen molar-refractivity contribution in [3.05, 3.63) is 41.9 Å². The molecule has 0 atom stereocenters. The van der Waals surface area contributed by atoms with Crippen LogP contribution in [0.25, 0.3) is 11.0 Å². The van der Waals surface area contributed by atoms with Crippen LogP contribution in [0.2, 0.25) is 0 Å². The molecule has 7 heteroatoms. The number of nitrogens with one attached hydrogen (secondary N) is 2. The van der Waals surface area contributed by atoms with Crippen molar-refractivity contribution in [2.24, 2.45) is 7.05 Å². The van der Waals surface area contributed by atoms with Gasteiger partial charge in [-0.3, -0.25) is 5.32 Å². The van der Waals surface area contributed by atoms with E-state index in [9.17, 15) is 4.79 Å². The van der Waals surface area contributed by atoms with Crippen LogP contribution in [0.4, 0.5) is 10.7 Å². The number of carbonyl (C=O) groups is 1. The zero-order valence-electron chi connectivity index (χ0n) is 13.2. The molecule has 2 amide bonds. The Bertz CT molecular complexity index is 821. The molecule has 0 aliphatic heterocycles. The summed E-state index contributed by atoms with van der Waals surface area (Å²) in [5, 5.41) is 9.09. The van der Waals surface area contributed by atoms with Gasteiger partial charge in [0, 0.05) is 26.1 Å². The van der Waals surface area contributed by atoms with Gasteiger partial charge in [0.15, 0.2) is 0 Å². The monoisotopic (exact) mass is 313 g/mol. The fraction of sp³-hybridized carbons (Fsp3) is 0.312. The van der Waals surface area contributed by atoms with Crippen molar-refractivity contribution in [1.82, 2.24) is 20.0 Å². The summed E-state index contributed by atoms with van der Waals surface area (Å²) >= 11 is 0. The van der Waals surface area contributed by atoms with E-state index in [1.807, 2.05) is 25.2 Å². The number of benzene rings is 1. The molecule has 1 aromatic carbocycles. The molecule has 2 heterocycles. The highest BCUT2D eigenvalue weighted by Crippen LogP contribution is 2.15. The number of urea groups is 1. The Hall–Kier alpha value is -2.83. The lowest BCUT2D eigenvalue weighted by Gasteiger charge is -2.05. The number of amides is 2. The lowest BCUT2D eigenvalue weighted by Crippen LogP contribution is -2.29. The highest BCUT2D eigenvalue weighted by Gasteiger charge is 2.08. The Morgan fingerprint density at radius 3 is 2.91 bits per heavy atom. The molecule has 2 aromatic heterocycles. The lowest BCUT2D eigenvalue weighted by atomic mass is 10.3. The number of para-hydroxylation sites is 2. The third-order valence-corrected chi connectivity index (χ3v) is 3.61. The molecule has 2 N–H and O–H groups in total. The third-order valence-electron chi connectivity index (χ3n) is 3.61. The molecule has 3 rings (SSSR count). The van der Waals surface area contributed by atoms with Crippen molar-refractivity contribution < 1.29 is 9.32 Å². The predicted octanol–water partition coefficient (Wildman–Crippen LogP) is 2.62. The van der Waals surface area contributed by atoms with Crippen LogP contribution in [0.15, 0.2) is 34.9 Å². The molecule has 7 nitrogen and oxygen atoms in total. The second kappa shape index (κ2) is 6.51. The first-order valence-corrected chi connectivity index (χ1v) is 7.52. The van der Waals surface area contributed by atoms with Gasteiger partial charge < -0.3 is 14.4 Å². The van der Waals surface area contributed by atoms with Gasteiger partial charge in [0.05, 0.1) is 16.7 Å². The first kappa shape index (κ1) is 15.1. The molecule has 0 unspecified atom stereocenters. The number of fused-ring (bicyclic) bond motifs is 1. The van der Waals surface area contributed by atoms with Crippen LogP contribution in [0.3, 0.4) is 0 Å². The van der Waals surface area contributed by atoms with E-state index < -0.39 is 0 Å². The maximum absolute atomic E-state index is 11.7. The maximum Gasteiger partial charge on any atom is 0.321 e. The zero-order valence-corrected chi connectivity index (χ0v) is 13.2. The Kier molecular flexibility index (Phi) is 4.27. The van der Waals surface area contributed by atoms with Crippen molar-refractivity contribution in [3.8, 4) is 0 Å². The van der Waals surface area contributed by atoms with Crippen LogP contribution >= 0.6 is 0 Å². The summed E-state index contributed by atoms with van der Waals surface area (Å²) < 4.78 is 7.01. The average Bonchev–Trinajstić information content (AvgIpc) is 3.08. The quantitative estimate of drug-likeness (QED) is 0.709. The Morgan fingerprint density at radius 2 is 2.17 bits per heavy atom. The summed E-state index contributed by atoms with van der Waals surface area (Å²) in [4.78, 5) is 16.3. The molecule has 23 heavy (non-hydrogen) atoms. The summed E-state index contributed by atoms with van der Waals surface area (Å²) in [6.45, 7) is 2.35. The first-order valence-electron chi connectivity index (χ1n) is 7.52. The summed E-state index contributed by atoms with van der Waals surface area (Å²) in [5.74, 6) is 1.36. The van der Waals surface area contributed by atoms with Gasteiger partial charge in [-0.2, -0.15) is 0 Å². The summed E-state index contributed by atoms with van der Waals surface area (Å²) in [6, 6.07) is 9.41. The SMILES string of the molecule is Cc1cc(NC(=O)NCCCc2nc3ccccc3n2C)on1. The number of nitrogens with zero attached hydrogens (tertiary/aromatic N) is 3. The van der Waals surface area contributed by atoms with E-state index in [0.717, 1.165) is 35.4 Å². The van der Waals surface area contributed by atoms with Gasteiger partial charge in [0.2, 0.25) is 5.88 Å². The van der Waals surface area contributed by atoms with E-state index in [-0.39, 0.29) is 6.03 Å². The van der Waals surface area contributed by atoms with Crippen LogP contribution in [0, 0.1) is 6.92 Å². The van der Waals surface area contributed by atoms with Gasteiger partial charge in [-0.25, -0.2) is 9.78 Å². The molecule has 0 aliphatic carbocycles. The Labute approximate surface area is 133 Å². The van der Waals surface area contributed by atoms with Crippen LogP contribution in [0.1, 0.15) is 17.9 Å². The molecule has 0 spiro atoms. The fourth-order valence-corrected chi connectivity index (χ4v) is 2.45. The van der Waals surface area contributed by atoms with Gasteiger partial charge in [-0.15, -0.1) is 0 Å². The number of anilines is 1. The molecule has 0 bridgehead atoms. The topological polar surface area (TPSA) is 85.0 Å². The summed E-state index contributed by atoms with van der Waals surface area (Å²) in [5.41, 5.74) is 2.84. The van der Waals surface area contributed by atoms with Gasteiger partial charge in [0.25, 0.3) is 0 Å². The molecule has 0 radical (unpaired) electrons. The smallest absolute Gasteiger partial charge is 0.321 e. The Morgan fingerprint density at radius 1 is 1.35 bits per heavy atom. The molecular formula is C16H19N5O2. The number of carbonyl (C=O) groups excluding carboxylic acids is 1. The molecule has 3 aromatic rings. The van der Waals surface area contributed by atoms with Gasteiger partial charge in [-0.1, -0.05) is 17.3 Å². The number of aryl methyl sites for hydroxylation is 3. The zero-order chi connectivity index (χ0) is 16.2. The highest BCUT2D eigenvalue weighted by molar-refractivity contribution is 5.87. The van der Waals surface area contributed by atoms with Crippen molar-refractivity contribution >= 4 is 22.9 Å². The number of hydrogen-bond donors (Lipinski definition) is 2. The minimum absolute atomic E-state index is 0.300. The van der Waals surface area contributed by atoms with Crippen LogP contribution in [0.5, 0.6) is 0 Å². The van der Waals surface area contributed by atoms with Crippen LogP contribution < -0.4 is 10.6 Å². The number of rotatable bonds is 5. The van der Waals surface area contributed by atoms with Crippen molar-refractivity contribution in [2.45, 2.75) is 19.8 Å². The second-order valence-electron chi connectivity index (χ2n) is 5.39. The van der Waals surface area contributed by atoms with Gasteiger partial charge >= 0.3 is 6.03 Å². The molecular weight excluding hydrogens is 294 g/mol. The molecule has 0 fully saturated rings. The van der Waals surface area contributed by atoms with Crippen molar-refractivity contribution in [1.29, 1.82) is 0 Å². The van der Waals surface area contributed by atoms with E-state index in [2.05, 4.69) is 31.4 Å². The van der Waals surface area contributed by atoms with Crippen LogP contribution in [-0.2, 0) is 13.5 Å². The minimum Gasteiger partial charge on any atom is -0.338 e. The maximum atomic E-state index is 11.7. The second-order valence-corrected chi connectivity index (χ2v) is 5.39. The lowest BCUT2D eigenvalue weighted by molar-refractivity contribution is 0.251. The third kappa shape index (κ3) is 3.50. The molecule has 0 aliphatic rings. The van der Waals surface area contributed by atoms with Crippen molar-refractivity contribution in [2.75, 3.05) is 11.9 Å². The Balaban J connectivity index is 1.47. The van der Waals surface area contributed by atoms with Crippen LogP contribution in [-0.4, -0.2) is 27.3 Å². The van der Waals surface area contributed by atoms with E-state index >= 15 is 0 Å². The number of hydrogen-bond acceptors (Lipinski definition) is 4. The van der Waals surface area contributed by atoms with Crippen molar-refractivity contribution in [3.63, 3.8) is 0 Å². The van der Waals surface area contributed by atoms with Gasteiger partial charge in [0.1, 0.15) is 5.82 Å². The normalized spacial score (nSPS) is 10.9. The fourth-order valence-electron chi connectivity index (χ4n) is 2.45. The van der Waals surface area contributed by atoms with E-state index in [1.165, 1.54) is 0 Å². The number of aromatic nitrogens is 3. The standard InChI is InChI=1S/C16H19N5O2/c1-11-10-15(23-20-11)19-16(22)17-9-5-8-14-18-12-6-3-4-7-13(12)21(14)2/h3-4,6-7,10H,5,8-9H2,1-2H3,(H2,17,19,22). The van der Waals surface area contributed by atoms with Gasteiger partial charge in [-0.05, 0) is 25.5 Å². The first-order chi connectivity index (χ1) is 11.1. The van der Waals surface area contributed by atoms with E-state index in [1.54, 1.807) is 13.0 Å². The average molecular weight is 313 g/mol. The summed E-state index contributed by atoms with van der Waals surface area (Å²) in [7, 11) is 2.01. The number of imidazole rings is 1. The summed E-state index contributed by atoms with van der Waals surface area (Å²) in [6.07, 6.45) is 1.60. The molecule has 0 saturated heterocycles. The van der Waals surface area contributed by atoms with E-state index in [4.69, 9.17) is 4.52 Å². The molecule has 0 saturated carbocycles. The minimum atomic E-state index is -0.300. The largest absolute Gasteiger partial charge is 0.338 e. The van der Waals surface area contributed by atoms with E-state index in [0.29, 0.717) is 12.4 Å². The predicted molar refractivity (Wildman–Crippen MR) is 87.3 cm³/mol. The molecule has 120 valence electrons. The highest BCUT2D eigenvalue weighted by atomic mass is 16.5.